The Bertz CT molecular complexity index is 880. The summed E-state index contributed by atoms with van der Waals surface area (Å²) in [7, 11) is 0. The number of carbonyl (C=O) groups is 1. The molecule has 1 aliphatic heterocycles. The zero-order valence-electron chi connectivity index (χ0n) is 15.8. The lowest BCUT2D eigenvalue weighted by Crippen LogP contribution is -2.49. The average Bonchev–Trinajstić information content (AvgIpc) is 3.12. The summed E-state index contributed by atoms with van der Waals surface area (Å²) in [5, 5.41) is 4.60. The van der Waals surface area contributed by atoms with E-state index >= 15 is 0 Å². The zero-order chi connectivity index (χ0) is 18.8. The van der Waals surface area contributed by atoms with E-state index in [9.17, 15) is 9.59 Å². The van der Waals surface area contributed by atoms with Gasteiger partial charge in [0.25, 0.3) is 11.5 Å². The van der Waals surface area contributed by atoms with E-state index in [1.807, 2.05) is 24.0 Å². The van der Waals surface area contributed by atoms with Crippen molar-refractivity contribution in [1.29, 1.82) is 0 Å². The van der Waals surface area contributed by atoms with Gasteiger partial charge in [0.2, 0.25) is 0 Å². The maximum atomic E-state index is 12.5. The molecule has 0 unspecified atom stereocenters. The second kappa shape index (κ2) is 7.94. The summed E-state index contributed by atoms with van der Waals surface area (Å²) in [4.78, 5) is 31.1. The average molecular weight is 387 g/mol. The Kier molecular flexibility index (Phi) is 5.41. The number of thiophene rings is 1. The summed E-state index contributed by atoms with van der Waals surface area (Å²) in [6.45, 7) is 6.60. The van der Waals surface area contributed by atoms with E-state index in [0.29, 0.717) is 6.54 Å². The first-order valence-electron chi connectivity index (χ1n) is 9.78. The van der Waals surface area contributed by atoms with Crippen molar-refractivity contribution >= 4 is 17.2 Å². The van der Waals surface area contributed by atoms with Crippen LogP contribution in [0.25, 0.3) is 0 Å². The Morgan fingerprint density at radius 1 is 1.11 bits per heavy atom. The Morgan fingerprint density at radius 3 is 2.63 bits per heavy atom. The highest BCUT2D eigenvalue weighted by atomic mass is 32.1. The fourth-order valence-corrected chi connectivity index (χ4v) is 4.71. The van der Waals surface area contributed by atoms with Gasteiger partial charge in [0.1, 0.15) is 0 Å². The number of hydrogen-bond acceptors (Lipinski definition) is 5. The maximum Gasteiger partial charge on any atom is 0.267 e. The van der Waals surface area contributed by atoms with Gasteiger partial charge in [0.05, 0.1) is 17.1 Å². The molecule has 3 heterocycles. The first kappa shape index (κ1) is 18.4. The minimum Gasteiger partial charge on any atom is -0.335 e. The van der Waals surface area contributed by atoms with Gasteiger partial charge in [-0.05, 0) is 50.3 Å². The minimum absolute atomic E-state index is 0.0116. The second-order valence-electron chi connectivity index (χ2n) is 7.43. The van der Waals surface area contributed by atoms with Crippen LogP contribution in [-0.4, -0.2) is 58.2 Å². The number of amides is 1. The molecule has 2 aromatic rings. The van der Waals surface area contributed by atoms with Crippen molar-refractivity contribution in [3.8, 4) is 0 Å². The third-order valence-electron chi connectivity index (χ3n) is 5.51. The molecule has 2 aromatic heterocycles. The van der Waals surface area contributed by atoms with Crippen molar-refractivity contribution in [2.75, 3.05) is 32.7 Å². The van der Waals surface area contributed by atoms with Gasteiger partial charge in [-0.1, -0.05) is 0 Å². The Morgan fingerprint density at radius 2 is 1.89 bits per heavy atom. The molecule has 1 saturated heterocycles. The monoisotopic (exact) mass is 386 g/mol. The van der Waals surface area contributed by atoms with E-state index < -0.39 is 0 Å². The molecular formula is C20H26N4O2S. The van der Waals surface area contributed by atoms with Crippen molar-refractivity contribution in [3.05, 3.63) is 49.6 Å². The van der Waals surface area contributed by atoms with Crippen LogP contribution in [0.5, 0.6) is 0 Å². The third kappa shape index (κ3) is 4.14. The molecule has 0 N–H and O–H groups in total. The summed E-state index contributed by atoms with van der Waals surface area (Å²) in [5.41, 5.74) is 2.25. The van der Waals surface area contributed by atoms with Gasteiger partial charge in [-0.3, -0.25) is 14.5 Å². The van der Waals surface area contributed by atoms with E-state index in [2.05, 4.69) is 10.00 Å². The van der Waals surface area contributed by atoms with Gasteiger partial charge in [-0.25, -0.2) is 4.68 Å². The Labute approximate surface area is 163 Å². The molecule has 1 fully saturated rings. The van der Waals surface area contributed by atoms with Crippen LogP contribution in [-0.2, 0) is 19.4 Å². The van der Waals surface area contributed by atoms with Crippen molar-refractivity contribution in [1.82, 2.24) is 19.6 Å². The Hall–Kier alpha value is -1.99. The van der Waals surface area contributed by atoms with Gasteiger partial charge in [-0.15, -0.1) is 11.3 Å². The lowest BCUT2D eigenvalue weighted by Gasteiger charge is -2.34. The summed E-state index contributed by atoms with van der Waals surface area (Å²) in [5.74, 6) is 0.139. The molecule has 1 aliphatic carbocycles. The van der Waals surface area contributed by atoms with Crippen molar-refractivity contribution in [3.63, 3.8) is 0 Å². The van der Waals surface area contributed by atoms with E-state index in [0.717, 1.165) is 74.5 Å². The Balaban J connectivity index is 1.31. The van der Waals surface area contributed by atoms with Crippen molar-refractivity contribution in [2.45, 2.75) is 39.2 Å². The summed E-state index contributed by atoms with van der Waals surface area (Å²) in [6.07, 6.45) is 4.29. The highest BCUT2D eigenvalue weighted by Gasteiger charge is 2.23. The quantitative estimate of drug-likeness (QED) is 0.806. The van der Waals surface area contributed by atoms with Gasteiger partial charge in [0.15, 0.2) is 0 Å². The number of aryl methyl sites for hydroxylation is 3. The molecule has 27 heavy (non-hydrogen) atoms. The predicted molar refractivity (Wildman–Crippen MR) is 107 cm³/mol. The van der Waals surface area contributed by atoms with Crippen LogP contribution >= 0.6 is 11.3 Å². The summed E-state index contributed by atoms with van der Waals surface area (Å²) in [6, 6.07) is 5.70. The molecule has 6 nitrogen and oxygen atoms in total. The van der Waals surface area contributed by atoms with Crippen LogP contribution in [0.2, 0.25) is 0 Å². The lowest BCUT2D eigenvalue weighted by molar-refractivity contribution is 0.0636. The molecular weight excluding hydrogens is 360 g/mol. The van der Waals surface area contributed by atoms with E-state index in [-0.39, 0.29) is 11.5 Å². The van der Waals surface area contributed by atoms with Crippen LogP contribution in [0.4, 0.5) is 0 Å². The van der Waals surface area contributed by atoms with Gasteiger partial charge in [0, 0.05) is 43.7 Å². The number of carbonyl (C=O) groups excluding carboxylic acids is 1. The molecule has 0 spiro atoms. The molecule has 0 atom stereocenters. The highest BCUT2D eigenvalue weighted by Crippen LogP contribution is 2.19. The van der Waals surface area contributed by atoms with Gasteiger partial charge >= 0.3 is 0 Å². The van der Waals surface area contributed by atoms with Crippen LogP contribution in [0.3, 0.4) is 0 Å². The molecule has 144 valence electrons. The lowest BCUT2D eigenvalue weighted by atomic mass is 9.97. The molecule has 0 radical (unpaired) electrons. The number of fused-ring (bicyclic) bond motifs is 1. The molecule has 2 aliphatic rings. The fraction of sp³-hybridized carbons (Fsp3) is 0.550. The number of hydrogen-bond donors (Lipinski definition) is 0. The van der Waals surface area contributed by atoms with E-state index in [4.69, 9.17) is 0 Å². The zero-order valence-corrected chi connectivity index (χ0v) is 16.6. The van der Waals surface area contributed by atoms with E-state index in [1.165, 1.54) is 4.88 Å². The van der Waals surface area contributed by atoms with Crippen LogP contribution in [0.15, 0.2) is 23.0 Å². The van der Waals surface area contributed by atoms with Gasteiger partial charge < -0.3 is 4.90 Å². The van der Waals surface area contributed by atoms with Crippen LogP contribution in [0.1, 0.15) is 38.6 Å². The summed E-state index contributed by atoms with van der Waals surface area (Å²) >= 11 is 1.56. The topological polar surface area (TPSA) is 58.4 Å². The third-order valence-corrected chi connectivity index (χ3v) is 6.50. The standard InChI is InChI=1S/C20H26N4O2S/c1-15-6-7-18(27-15)20(26)23-11-8-22(9-12-23)10-13-24-19(25)14-16-4-2-3-5-17(16)21-24/h6-7,14H,2-5,8-13H2,1H3. The van der Waals surface area contributed by atoms with Gasteiger partial charge in [-0.2, -0.15) is 5.10 Å². The largest absolute Gasteiger partial charge is 0.335 e. The van der Waals surface area contributed by atoms with Crippen LogP contribution < -0.4 is 5.56 Å². The van der Waals surface area contributed by atoms with Crippen molar-refractivity contribution < 1.29 is 4.79 Å². The normalized spacial score (nSPS) is 17.7. The maximum absolute atomic E-state index is 12.5. The number of aromatic nitrogens is 2. The number of nitrogens with zero attached hydrogens (tertiary/aromatic N) is 4. The first-order valence-corrected chi connectivity index (χ1v) is 10.6. The molecule has 4 rings (SSSR count). The second-order valence-corrected chi connectivity index (χ2v) is 8.72. The number of rotatable bonds is 4. The first-order chi connectivity index (χ1) is 13.1. The van der Waals surface area contributed by atoms with Crippen molar-refractivity contribution in [2.24, 2.45) is 0 Å². The molecule has 7 heteroatoms. The molecule has 0 bridgehead atoms. The summed E-state index contributed by atoms with van der Waals surface area (Å²) < 4.78 is 1.62. The SMILES string of the molecule is Cc1ccc(C(=O)N2CCN(CCn3nc4c(cc3=O)CCCC4)CC2)s1. The number of piperazine rings is 1. The van der Waals surface area contributed by atoms with Crippen LogP contribution in [0, 0.1) is 6.92 Å². The predicted octanol–water partition coefficient (Wildman–Crippen LogP) is 1.95. The minimum atomic E-state index is 0.0116. The molecule has 0 saturated carbocycles. The van der Waals surface area contributed by atoms with E-state index in [1.54, 1.807) is 22.1 Å². The molecule has 0 aromatic carbocycles. The highest BCUT2D eigenvalue weighted by molar-refractivity contribution is 7.13. The smallest absolute Gasteiger partial charge is 0.267 e. The fourth-order valence-electron chi connectivity index (χ4n) is 3.88. The molecule has 1 amide bonds.